The van der Waals surface area contributed by atoms with E-state index in [2.05, 4.69) is 5.32 Å². The molecule has 0 aliphatic heterocycles. The zero-order valence-corrected chi connectivity index (χ0v) is 12.0. The lowest BCUT2D eigenvalue weighted by molar-refractivity contribution is -0.137. The number of aliphatic carboxylic acids is 1. The monoisotopic (exact) mass is 281 g/mol. The van der Waals surface area contributed by atoms with Gasteiger partial charge in [0, 0.05) is 19.4 Å². The molecule has 1 amide bonds. The Kier molecular flexibility index (Phi) is 7.47. The van der Waals surface area contributed by atoms with E-state index in [0.717, 1.165) is 37.9 Å². The molecule has 1 heterocycles. The zero-order valence-electron chi connectivity index (χ0n) is 12.0. The Labute approximate surface area is 119 Å². The lowest BCUT2D eigenvalue weighted by atomic mass is 10.1. The summed E-state index contributed by atoms with van der Waals surface area (Å²) in [6.07, 6.45) is 6.86. The summed E-state index contributed by atoms with van der Waals surface area (Å²) in [6.45, 7) is 2.66. The van der Waals surface area contributed by atoms with Gasteiger partial charge >= 0.3 is 5.97 Å². The van der Waals surface area contributed by atoms with Gasteiger partial charge in [-0.2, -0.15) is 0 Å². The molecule has 0 spiro atoms. The van der Waals surface area contributed by atoms with E-state index in [1.54, 1.807) is 12.3 Å². The van der Waals surface area contributed by atoms with E-state index in [9.17, 15) is 9.59 Å². The third kappa shape index (κ3) is 5.91. The van der Waals surface area contributed by atoms with E-state index in [0.29, 0.717) is 18.5 Å². The van der Waals surface area contributed by atoms with Crippen LogP contribution in [0, 0.1) is 0 Å². The molecule has 0 saturated heterocycles. The Morgan fingerprint density at radius 2 is 2.00 bits per heavy atom. The van der Waals surface area contributed by atoms with Gasteiger partial charge in [0.15, 0.2) is 0 Å². The summed E-state index contributed by atoms with van der Waals surface area (Å²) in [7, 11) is 0. The highest BCUT2D eigenvalue weighted by Crippen LogP contribution is 2.12. The lowest BCUT2D eigenvalue weighted by Crippen LogP contribution is -2.24. The van der Waals surface area contributed by atoms with Crippen LogP contribution in [0.3, 0.4) is 0 Å². The minimum atomic E-state index is -0.748. The smallest absolute Gasteiger partial charge is 0.303 e. The van der Waals surface area contributed by atoms with Gasteiger partial charge in [-0.3, -0.25) is 9.59 Å². The molecule has 0 aliphatic carbocycles. The fraction of sp³-hybridized carbons (Fsp3) is 0.600. The summed E-state index contributed by atoms with van der Waals surface area (Å²) in [5.74, 6) is -0.0964. The van der Waals surface area contributed by atoms with Crippen LogP contribution in [0.25, 0.3) is 0 Å². The molecule has 5 nitrogen and oxygen atoms in total. The molecule has 5 heteroatoms. The maximum Gasteiger partial charge on any atom is 0.303 e. The van der Waals surface area contributed by atoms with Gasteiger partial charge in [-0.05, 0) is 25.3 Å². The van der Waals surface area contributed by atoms with Gasteiger partial charge in [-0.1, -0.05) is 19.8 Å². The van der Waals surface area contributed by atoms with Crippen LogP contribution in [0.4, 0.5) is 0 Å². The number of aryl methyl sites for hydroxylation is 1. The number of carbonyl (C=O) groups excluding carboxylic acids is 1. The molecule has 0 aromatic carbocycles. The molecule has 112 valence electrons. The molecule has 1 aromatic heterocycles. The van der Waals surface area contributed by atoms with E-state index < -0.39 is 5.97 Å². The molecule has 0 atom stereocenters. The first-order chi connectivity index (χ1) is 9.65. The van der Waals surface area contributed by atoms with Gasteiger partial charge in [0.1, 0.15) is 5.76 Å². The SMILES string of the molecule is CCCc1occc1C(=O)NCCCCCCC(=O)O. The van der Waals surface area contributed by atoms with Gasteiger partial charge in [0.25, 0.3) is 5.91 Å². The fourth-order valence-electron chi connectivity index (χ4n) is 2.02. The van der Waals surface area contributed by atoms with Crippen molar-refractivity contribution in [1.82, 2.24) is 5.32 Å². The van der Waals surface area contributed by atoms with E-state index >= 15 is 0 Å². The summed E-state index contributed by atoms with van der Waals surface area (Å²) in [4.78, 5) is 22.3. The van der Waals surface area contributed by atoms with E-state index in [-0.39, 0.29) is 12.3 Å². The number of hydrogen-bond donors (Lipinski definition) is 2. The molecule has 0 saturated carbocycles. The van der Waals surface area contributed by atoms with Crippen molar-refractivity contribution in [3.8, 4) is 0 Å². The van der Waals surface area contributed by atoms with Crippen LogP contribution in [0.5, 0.6) is 0 Å². The second kappa shape index (κ2) is 9.18. The molecule has 20 heavy (non-hydrogen) atoms. The van der Waals surface area contributed by atoms with Crippen molar-refractivity contribution >= 4 is 11.9 Å². The summed E-state index contributed by atoms with van der Waals surface area (Å²) in [6, 6.07) is 1.70. The molecule has 0 aliphatic rings. The van der Waals surface area contributed by atoms with Crippen LogP contribution in [0.15, 0.2) is 16.7 Å². The average Bonchev–Trinajstić information content (AvgIpc) is 2.86. The first kappa shape index (κ1) is 16.3. The van der Waals surface area contributed by atoms with Gasteiger partial charge in [-0.15, -0.1) is 0 Å². The summed E-state index contributed by atoms with van der Waals surface area (Å²) >= 11 is 0. The largest absolute Gasteiger partial charge is 0.481 e. The number of carboxylic acid groups (broad SMARTS) is 1. The second-order valence-corrected chi connectivity index (χ2v) is 4.82. The van der Waals surface area contributed by atoms with E-state index in [4.69, 9.17) is 9.52 Å². The number of unbranched alkanes of at least 4 members (excludes halogenated alkanes) is 3. The highest BCUT2D eigenvalue weighted by atomic mass is 16.4. The zero-order chi connectivity index (χ0) is 14.8. The molecule has 0 unspecified atom stereocenters. The maximum absolute atomic E-state index is 11.9. The first-order valence-electron chi connectivity index (χ1n) is 7.21. The van der Waals surface area contributed by atoms with Crippen molar-refractivity contribution in [3.05, 3.63) is 23.7 Å². The van der Waals surface area contributed by atoms with Gasteiger partial charge in [0.05, 0.1) is 11.8 Å². The van der Waals surface area contributed by atoms with Crippen LogP contribution in [0.1, 0.15) is 61.6 Å². The van der Waals surface area contributed by atoms with Crippen LogP contribution < -0.4 is 5.32 Å². The van der Waals surface area contributed by atoms with Crippen molar-refractivity contribution in [2.45, 2.75) is 51.9 Å². The van der Waals surface area contributed by atoms with Crippen molar-refractivity contribution < 1.29 is 19.1 Å². The van der Waals surface area contributed by atoms with Crippen molar-refractivity contribution in [2.75, 3.05) is 6.54 Å². The molecule has 1 rings (SSSR count). The summed E-state index contributed by atoms with van der Waals surface area (Å²) < 4.78 is 5.29. The highest BCUT2D eigenvalue weighted by Gasteiger charge is 2.12. The van der Waals surface area contributed by atoms with Crippen molar-refractivity contribution in [3.63, 3.8) is 0 Å². The molecule has 1 aromatic rings. The normalized spacial score (nSPS) is 10.4. The number of carbonyl (C=O) groups is 2. The van der Waals surface area contributed by atoms with Gasteiger partial charge in [0.2, 0.25) is 0 Å². The number of carboxylic acids is 1. The number of nitrogens with one attached hydrogen (secondary N) is 1. The third-order valence-corrected chi connectivity index (χ3v) is 3.07. The molecule has 0 radical (unpaired) electrons. The van der Waals surface area contributed by atoms with Gasteiger partial charge < -0.3 is 14.8 Å². The van der Waals surface area contributed by atoms with E-state index in [1.165, 1.54) is 0 Å². The predicted molar refractivity (Wildman–Crippen MR) is 75.8 cm³/mol. The number of amides is 1. The molecule has 0 fully saturated rings. The predicted octanol–water partition coefficient (Wildman–Crippen LogP) is 3.00. The van der Waals surface area contributed by atoms with Crippen LogP contribution in [0.2, 0.25) is 0 Å². The van der Waals surface area contributed by atoms with E-state index in [1.807, 2.05) is 6.92 Å². The molecule has 0 bridgehead atoms. The Hall–Kier alpha value is -1.78. The molecular weight excluding hydrogens is 258 g/mol. The van der Waals surface area contributed by atoms with Gasteiger partial charge in [-0.25, -0.2) is 0 Å². The third-order valence-electron chi connectivity index (χ3n) is 3.07. The quantitative estimate of drug-likeness (QED) is 0.646. The maximum atomic E-state index is 11.9. The molecule has 2 N–H and O–H groups in total. The standard InChI is InChI=1S/C15H23NO4/c1-2-7-13-12(9-11-20-13)15(19)16-10-6-4-3-5-8-14(17)18/h9,11H,2-8,10H2,1H3,(H,16,19)(H,17,18). The van der Waals surface area contributed by atoms with Crippen LogP contribution in [-0.2, 0) is 11.2 Å². The van der Waals surface area contributed by atoms with Crippen molar-refractivity contribution in [2.24, 2.45) is 0 Å². The fourth-order valence-corrected chi connectivity index (χ4v) is 2.02. The Balaban J connectivity index is 2.17. The number of rotatable bonds is 10. The Morgan fingerprint density at radius 3 is 2.70 bits per heavy atom. The number of hydrogen-bond acceptors (Lipinski definition) is 3. The summed E-state index contributed by atoms with van der Waals surface area (Å²) in [5, 5.41) is 11.4. The number of furan rings is 1. The minimum absolute atomic E-state index is 0.0901. The molecular formula is C15H23NO4. The summed E-state index contributed by atoms with van der Waals surface area (Å²) in [5.41, 5.74) is 0.623. The topological polar surface area (TPSA) is 79.5 Å². The van der Waals surface area contributed by atoms with Crippen molar-refractivity contribution in [1.29, 1.82) is 0 Å². The Bertz CT molecular complexity index is 425. The average molecular weight is 281 g/mol. The van der Waals surface area contributed by atoms with Crippen LogP contribution in [-0.4, -0.2) is 23.5 Å². The lowest BCUT2D eigenvalue weighted by Gasteiger charge is -2.05. The second-order valence-electron chi connectivity index (χ2n) is 4.82. The van der Waals surface area contributed by atoms with Crippen LogP contribution >= 0.6 is 0 Å². The minimum Gasteiger partial charge on any atom is -0.481 e. The highest BCUT2D eigenvalue weighted by molar-refractivity contribution is 5.95. The Morgan fingerprint density at radius 1 is 1.25 bits per heavy atom. The first-order valence-corrected chi connectivity index (χ1v) is 7.21.